The molecule has 2 heteroatoms. The van der Waals surface area contributed by atoms with Crippen LogP contribution in [0.5, 0.6) is 0 Å². The molecule has 0 saturated carbocycles. The van der Waals surface area contributed by atoms with Crippen molar-refractivity contribution in [2.24, 2.45) is 5.41 Å². The number of nitrogens with zero attached hydrogens (tertiary/aromatic N) is 1. The molecule has 2 rings (SSSR count). The van der Waals surface area contributed by atoms with Gasteiger partial charge in [0.05, 0.1) is 0 Å². The Kier molecular flexibility index (Phi) is 1.79. The lowest BCUT2D eigenvalue weighted by atomic mass is 9.75. The fourth-order valence-corrected chi connectivity index (χ4v) is 2.07. The standard InChI is InChI=1S/C11H16N2/c1-11(2)5-3-9-8(7-11)4-6-13-10(9)12/h4,6H,3,5,7H2,1-2H3,(H2,12,13). The summed E-state index contributed by atoms with van der Waals surface area (Å²) in [6.07, 6.45) is 5.25. The fourth-order valence-electron chi connectivity index (χ4n) is 2.07. The zero-order chi connectivity index (χ0) is 9.47. The van der Waals surface area contributed by atoms with Crippen LogP contribution in [0.25, 0.3) is 0 Å². The molecule has 1 aromatic heterocycles. The molecule has 0 aromatic carbocycles. The monoisotopic (exact) mass is 176 g/mol. The van der Waals surface area contributed by atoms with Gasteiger partial charge in [0.15, 0.2) is 0 Å². The Morgan fingerprint density at radius 1 is 1.46 bits per heavy atom. The third kappa shape index (κ3) is 1.53. The van der Waals surface area contributed by atoms with Gasteiger partial charge in [-0.05, 0) is 41.9 Å². The van der Waals surface area contributed by atoms with E-state index in [1.165, 1.54) is 17.5 Å². The second-order valence-electron chi connectivity index (χ2n) is 4.67. The summed E-state index contributed by atoms with van der Waals surface area (Å²) in [5.41, 5.74) is 8.92. The molecule has 0 unspecified atom stereocenters. The molecule has 0 spiro atoms. The van der Waals surface area contributed by atoms with Crippen LogP contribution < -0.4 is 5.73 Å². The van der Waals surface area contributed by atoms with E-state index in [1.807, 2.05) is 6.20 Å². The Morgan fingerprint density at radius 3 is 3.00 bits per heavy atom. The van der Waals surface area contributed by atoms with Crippen LogP contribution in [-0.2, 0) is 12.8 Å². The first kappa shape index (κ1) is 8.54. The van der Waals surface area contributed by atoms with Crippen molar-refractivity contribution in [2.75, 3.05) is 5.73 Å². The van der Waals surface area contributed by atoms with Gasteiger partial charge in [0.1, 0.15) is 5.82 Å². The zero-order valence-electron chi connectivity index (χ0n) is 8.30. The van der Waals surface area contributed by atoms with Crippen LogP contribution in [0.4, 0.5) is 5.82 Å². The zero-order valence-corrected chi connectivity index (χ0v) is 8.30. The van der Waals surface area contributed by atoms with E-state index >= 15 is 0 Å². The molecule has 2 nitrogen and oxygen atoms in total. The van der Waals surface area contributed by atoms with Crippen LogP contribution in [0.3, 0.4) is 0 Å². The summed E-state index contributed by atoms with van der Waals surface area (Å²) in [5.74, 6) is 0.730. The van der Waals surface area contributed by atoms with Gasteiger partial charge < -0.3 is 5.73 Å². The van der Waals surface area contributed by atoms with Crippen molar-refractivity contribution in [3.05, 3.63) is 23.4 Å². The van der Waals surface area contributed by atoms with Crippen molar-refractivity contribution in [3.8, 4) is 0 Å². The van der Waals surface area contributed by atoms with Gasteiger partial charge in [-0.25, -0.2) is 4.98 Å². The quantitative estimate of drug-likeness (QED) is 0.658. The number of anilines is 1. The molecule has 0 saturated heterocycles. The number of nitrogen functional groups attached to an aromatic ring is 1. The van der Waals surface area contributed by atoms with E-state index in [0.717, 1.165) is 18.7 Å². The molecule has 13 heavy (non-hydrogen) atoms. The lowest BCUT2D eigenvalue weighted by Crippen LogP contribution is -2.23. The minimum Gasteiger partial charge on any atom is -0.383 e. The van der Waals surface area contributed by atoms with Gasteiger partial charge in [0.25, 0.3) is 0 Å². The van der Waals surface area contributed by atoms with E-state index in [9.17, 15) is 0 Å². The number of rotatable bonds is 0. The molecule has 1 aliphatic carbocycles. The molecule has 0 atom stereocenters. The fraction of sp³-hybridized carbons (Fsp3) is 0.545. The summed E-state index contributed by atoms with van der Waals surface area (Å²) in [6.45, 7) is 4.62. The van der Waals surface area contributed by atoms with Crippen LogP contribution in [0, 0.1) is 5.41 Å². The van der Waals surface area contributed by atoms with E-state index in [-0.39, 0.29) is 0 Å². The van der Waals surface area contributed by atoms with Gasteiger partial charge in [-0.15, -0.1) is 0 Å². The molecule has 2 N–H and O–H groups in total. The normalized spacial score (nSPS) is 19.5. The maximum Gasteiger partial charge on any atom is 0.126 e. The average molecular weight is 176 g/mol. The van der Waals surface area contributed by atoms with Crippen molar-refractivity contribution in [3.63, 3.8) is 0 Å². The van der Waals surface area contributed by atoms with E-state index < -0.39 is 0 Å². The minimum absolute atomic E-state index is 0.431. The highest BCUT2D eigenvalue weighted by Crippen LogP contribution is 2.35. The molecular formula is C11H16N2. The molecule has 0 bridgehead atoms. The Hall–Kier alpha value is -1.05. The highest BCUT2D eigenvalue weighted by atomic mass is 14.8. The molecule has 1 heterocycles. The predicted octanol–water partition coefficient (Wildman–Crippen LogP) is 2.18. The Morgan fingerprint density at radius 2 is 2.23 bits per heavy atom. The number of nitrogens with two attached hydrogens (primary N) is 1. The van der Waals surface area contributed by atoms with Crippen LogP contribution in [-0.4, -0.2) is 4.98 Å². The molecule has 0 amide bonds. The first-order chi connectivity index (χ1) is 6.08. The van der Waals surface area contributed by atoms with E-state index in [0.29, 0.717) is 5.41 Å². The van der Waals surface area contributed by atoms with Gasteiger partial charge in [-0.1, -0.05) is 13.8 Å². The number of hydrogen-bond acceptors (Lipinski definition) is 2. The molecule has 70 valence electrons. The molecule has 0 aliphatic heterocycles. The lowest BCUT2D eigenvalue weighted by Gasteiger charge is -2.31. The minimum atomic E-state index is 0.431. The largest absolute Gasteiger partial charge is 0.383 e. The Bertz CT molecular complexity index is 329. The van der Waals surface area contributed by atoms with Gasteiger partial charge in [0, 0.05) is 6.20 Å². The SMILES string of the molecule is CC1(C)CCc2c(ccnc2N)C1. The summed E-state index contributed by atoms with van der Waals surface area (Å²) >= 11 is 0. The van der Waals surface area contributed by atoms with E-state index in [2.05, 4.69) is 24.9 Å². The number of fused-ring (bicyclic) bond motifs is 1. The van der Waals surface area contributed by atoms with Crippen LogP contribution in [0.15, 0.2) is 12.3 Å². The Labute approximate surface area is 79.2 Å². The van der Waals surface area contributed by atoms with Crippen molar-refractivity contribution >= 4 is 5.82 Å². The number of aromatic nitrogens is 1. The van der Waals surface area contributed by atoms with Crippen LogP contribution in [0.2, 0.25) is 0 Å². The lowest BCUT2D eigenvalue weighted by molar-refractivity contribution is 0.315. The second kappa shape index (κ2) is 2.72. The molecule has 1 aromatic rings. The van der Waals surface area contributed by atoms with Gasteiger partial charge in [-0.2, -0.15) is 0 Å². The van der Waals surface area contributed by atoms with E-state index in [1.54, 1.807) is 0 Å². The number of hydrogen-bond donors (Lipinski definition) is 1. The van der Waals surface area contributed by atoms with Crippen molar-refractivity contribution in [1.29, 1.82) is 0 Å². The predicted molar refractivity (Wildman–Crippen MR) is 54.5 cm³/mol. The maximum absolute atomic E-state index is 5.82. The summed E-state index contributed by atoms with van der Waals surface area (Å²) in [4.78, 5) is 4.12. The summed E-state index contributed by atoms with van der Waals surface area (Å²) in [6, 6.07) is 2.10. The van der Waals surface area contributed by atoms with E-state index in [4.69, 9.17) is 5.73 Å². The Balaban J connectivity index is 2.42. The van der Waals surface area contributed by atoms with Gasteiger partial charge in [-0.3, -0.25) is 0 Å². The van der Waals surface area contributed by atoms with Crippen molar-refractivity contribution in [2.45, 2.75) is 33.1 Å². The maximum atomic E-state index is 5.82. The first-order valence-electron chi connectivity index (χ1n) is 4.81. The van der Waals surface area contributed by atoms with Gasteiger partial charge in [0.2, 0.25) is 0 Å². The van der Waals surface area contributed by atoms with Crippen LogP contribution in [0.1, 0.15) is 31.4 Å². The smallest absolute Gasteiger partial charge is 0.126 e. The van der Waals surface area contributed by atoms with Crippen molar-refractivity contribution < 1.29 is 0 Å². The molecular weight excluding hydrogens is 160 g/mol. The summed E-state index contributed by atoms with van der Waals surface area (Å²) in [5, 5.41) is 0. The molecule has 0 radical (unpaired) electrons. The highest BCUT2D eigenvalue weighted by Gasteiger charge is 2.26. The van der Waals surface area contributed by atoms with Crippen molar-refractivity contribution in [1.82, 2.24) is 4.98 Å². The first-order valence-corrected chi connectivity index (χ1v) is 4.81. The number of pyridine rings is 1. The second-order valence-corrected chi connectivity index (χ2v) is 4.67. The molecule has 0 fully saturated rings. The third-order valence-corrected chi connectivity index (χ3v) is 2.91. The summed E-state index contributed by atoms with van der Waals surface area (Å²) in [7, 11) is 0. The third-order valence-electron chi connectivity index (χ3n) is 2.91. The summed E-state index contributed by atoms with van der Waals surface area (Å²) < 4.78 is 0. The highest BCUT2D eigenvalue weighted by molar-refractivity contribution is 5.46. The van der Waals surface area contributed by atoms with Crippen LogP contribution >= 0.6 is 0 Å². The average Bonchev–Trinajstić information content (AvgIpc) is 2.02. The topological polar surface area (TPSA) is 38.9 Å². The van der Waals surface area contributed by atoms with Gasteiger partial charge >= 0.3 is 0 Å². The molecule has 1 aliphatic rings.